The van der Waals surface area contributed by atoms with E-state index in [0.29, 0.717) is 30.2 Å². The molecule has 0 radical (unpaired) electrons. The van der Waals surface area contributed by atoms with Gasteiger partial charge in [-0.25, -0.2) is 0 Å². The van der Waals surface area contributed by atoms with Crippen LogP contribution in [0, 0.1) is 45.3 Å². The molecule has 3 fully saturated rings. The largest absolute Gasteiger partial charge is 0.393 e. The molecule has 8 atom stereocenters. The molecule has 212 valence electrons. The Morgan fingerprint density at radius 3 is 2.38 bits per heavy atom. The van der Waals surface area contributed by atoms with Crippen molar-refractivity contribution in [1.29, 1.82) is 0 Å². The van der Waals surface area contributed by atoms with E-state index in [9.17, 15) is 9.90 Å². The standard InChI is InChI=1S/C35H50N2O2/c1-22(2)24-11-16-35(31(39)37-21-23-13-19-36-20-14-23)18-17-33(5)25-9-10-28-32(3,4)29(38)12-15-34(28,6)26(25)7-8-27(33)30(24)35/h13-14,19-20,24,27-30,38H,1,7-12,15-18,21H2,2-6H3,(H,37,39)/t24-,27+,28?,29-,30?,33-,34+,35-/m0/s1. The van der Waals surface area contributed by atoms with Gasteiger partial charge in [0.15, 0.2) is 0 Å². The molecule has 0 bridgehead atoms. The molecule has 39 heavy (non-hydrogen) atoms. The minimum absolute atomic E-state index is 0.0333. The van der Waals surface area contributed by atoms with Crippen LogP contribution in [0.4, 0.5) is 0 Å². The van der Waals surface area contributed by atoms with E-state index in [1.165, 1.54) is 31.3 Å². The van der Waals surface area contributed by atoms with Gasteiger partial charge in [-0.3, -0.25) is 9.78 Å². The van der Waals surface area contributed by atoms with Crippen LogP contribution in [0.1, 0.15) is 104 Å². The number of fused-ring (bicyclic) bond motifs is 6. The van der Waals surface area contributed by atoms with Crippen molar-refractivity contribution in [3.8, 4) is 0 Å². The van der Waals surface area contributed by atoms with Crippen LogP contribution < -0.4 is 5.32 Å². The maximum absolute atomic E-state index is 14.2. The molecule has 5 aliphatic rings. The average Bonchev–Trinajstić information content (AvgIpc) is 3.31. The van der Waals surface area contributed by atoms with Gasteiger partial charge in [0.25, 0.3) is 0 Å². The molecule has 2 N–H and O–H groups in total. The maximum atomic E-state index is 14.2. The summed E-state index contributed by atoms with van der Waals surface area (Å²) in [7, 11) is 0. The van der Waals surface area contributed by atoms with E-state index in [0.717, 1.165) is 44.1 Å². The van der Waals surface area contributed by atoms with Crippen LogP contribution in [-0.4, -0.2) is 22.1 Å². The topological polar surface area (TPSA) is 62.2 Å². The number of nitrogens with zero attached hydrogens (tertiary/aromatic N) is 1. The van der Waals surface area contributed by atoms with Crippen molar-refractivity contribution >= 4 is 5.91 Å². The lowest BCUT2D eigenvalue weighted by Crippen LogP contribution is -2.58. The van der Waals surface area contributed by atoms with Gasteiger partial charge < -0.3 is 10.4 Å². The Morgan fingerprint density at radius 2 is 1.67 bits per heavy atom. The zero-order valence-corrected chi connectivity index (χ0v) is 25.0. The summed E-state index contributed by atoms with van der Waals surface area (Å²) in [6.07, 6.45) is 14.3. The van der Waals surface area contributed by atoms with Gasteiger partial charge >= 0.3 is 0 Å². The Morgan fingerprint density at radius 1 is 0.974 bits per heavy atom. The van der Waals surface area contributed by atoms with E-state index < -0.39 is 0 Å². The lowest BCUT2D eigenvalue weighted by molar-refractivity contribution is -0.143. The van der Waals surface area contributed by atoms with Crippen LogP contribution in [0.5, 0.6) is 0 Å². The number of pyridine rings is 1. The molecule has 0 aromatic carbocycles. The van der Waals surface area contributed by atoms with Crippen molar-refractivity contribution in [2.24, 2.45) is 45.3 Å². The molecule has 0 spiro atoms. The summed E-state index contributed by atoms with van der Waals surface area (Å²) >= 11 is 0. The molecular weight excluding hydrogens is 480 g/mol. The van der Waals surface area contributed by atoms with E-state index in [1.807, 2.05) is 12.1 Å². The zero-order valence-electron chi connectivity index (χ0n) is 25.0. The highest BCUT2D eigenvalue weighted by molar-refractivity contribution is 5.84. The molecule has 5 aliphatic carbocycles. The van der Waals surface area contributed by atoms with Gasteiger partial charge in [0.2, 0.25) is 5.91 Å². The van der Waals surface area contributed by atoms with Gasteiger partial charge in [0.05, 0.1) is 11.5 Å². The second kappa shape index (κ2) is 9.29. The molecule has 4 nitrogen and oxygen atoms in total. The summed E-state index contributed by atoms with van der Waals surface area (Å²) in [6.45, 7) is 17.0. The predicted molar refractivity (Wildman–Crippen MR) is 156 cm³/mol. The molecular formula is C35H50N2O2. The first kappa shape index (κ1) is 27.2. The molecule has 4 heteroatoms. The van der Waals surface area contributed by atoms with Crippen molar-refractivity contribution in [2.75, 3.05) is 0 Å². The smallest absolute Gasteiger partial charge is 0.226 e. The Kier molecular flexibility index (Phi) is 6.49. The average molecular weight is 531 g/mol. The summed E-state index contributed by atoms with van der Waals surface area (Å²) in [4.78, 5) is 18.3. The van der Waals surface area contributed by atoms with E-state index in [2.05, 4.69) is 51.5 Å². The number of aliphatic hydroxyl groups excluding tert-OH is 1. The molecule has 3 saturated carbocycles. The molecule has 1 amide bonds. The van der Waals surface area contributed by atoms with Crippen molar-refractivity contribution in [2.45, 2.75) is 111 Å². The van der Waals surface area contributed by atoms with Gasteiger partial charge in [0.1, 0.15) is 0 Å². The molecule has 1 aromatic heterocycles. The zero-order chi connectivity index (χ0) is 27.8. The lowest BCUT2D eigenvalue weighted by atomic mass is 9.41. The Balaban J connectivity index is 1.35. The van der Waals surface area contributed by atoms with Crippen molar-refractivity contribution < 1.29 is 9.90 Å². The first-order chi connectivity index (χ1) is 18.4. The Bertz CT molecular complexity index is 1190. The second-order valence-electron chi connectivity index (χ2n) is 15.1. The number of aliphatic hydroxyl groups is 1. The molecule has 6 rings (SSSR count). The van der Waals surface area contributed by atoms with Gasteiger partial charge in [-0.2, -0.15) is 0 Å². The number of rotatable bonds is 4. The molecule has 1 aromatic rings. The van der Waals surface area contributed by atoms with Crippen molar-refractivity contribution in [3.63, 3.8) is 0 Å². The second-order valence-corrected chi connectivity index (χ2v) is 15.1. The molecule has 0 saturated heterocycles. The van der Waals surface area contributed by atoms with Crippen molar-refractivity contribution in [1.82, 2.24) is 10.3 Å². The van der Waals surface area contributed by atoms with Crippen LogP contribution in [0.15, 0.2) is 47.8 Å². The number of allylic oxidation sites excluding steroid dienone is 3. The fraction of sp³-hybridized carbons (Fsp3) is 0.714. The molecule has 1 heterocycles. The summed E-state index contributed by atoms with van der Waals surface area (Å²) in [5.41, 5.74) is 5.93. The number of aromatic nitrogens is 1. The third-order valence-corrected chi connectivity index (χ3v) is 13.2. The highest BCUT2D eigenvalue weighted by atomic mass is 16.3. The quantitative estimate of drug-likeness (QED) is 0.399. The van der Waals surface area contributed by atoms with Crippen molar-refractivity contribution in [3.05, 3.63) is 53.4 Å². The molecule has 0 aliphatic heterocycles. The van der Waals surface area contributed by atoms with Crippen LogP contribution in [0.25, 0.3) is 0 Å². The number of hydrogen-bond donors (Lipinski definition) is 2. The maximum Gasteiger partial charge on any atom is 0.226 e. The van der Waals surface area contributed by atoms with E-state index in [-0.39, 0.29) is 33.7 Å². The molecule has 2 unspecified atom stereocenters. The first-order valence-electron chi connectivity index (χ1n) is 15.7. The van der Waals surface area contributed by atoms with Crippen LogP contribution >= 0.6 is 0 Å². The van der Waals surface area contributed by atoms with Gasteiger partial charge in [-0.05, 0) is 129 Å². The third kappa shape index (κ3) is 3.86. The van der Waals surface area contributed by atoms with Gasteiger partial charge in [-0.15, -0.1) is 0 Å². The summed E-state index contributed by atoms with van der Waals surface area (Å²) in [5.74, 6) is 2.15. The number of carbonyl (C=O) groups is 1. The van der Waals surface area contributed by atoms with E-state index in [1.54, 1.807) is 23.5 Å². The van der Waals surface area contributed by atoms with Crippen LogP contribution in [0.2, 0.25) is 0 Å². The fourth-order valence-corrected chi connectivity index (χ4v) is 11.1. The SMILES string of the molecule is C=C(C)[C@@H]1CC[C@]2(C(=O)NCc3ccncc3)CC[C@@]3(C)C4=C(CC[C@@H]3C12)[C@@]1(C)CC[C@H](O)C(C)(C)C1CC4. The van der Waals surface area contributed by atoms with E-state index >= 15 is 0 Å². The number of carbonyl (C=O) groups excluding carboxylic acids is 1. The predicted octanol–water partition coefficient (Wildman–Crippen LogP) is 7.39. The van der Waals surface area contributed by atoms with Gasteiger partial charge in [0, 0.05) is 18.9 Å². The summed E-state index contributed by atoms with van der Waals surface area (Å²) in [6, 6.07) is 3.99. The number of hydrogen-bond acceptors (Lipinski definition) is 3. The summed E-state index contributed by atoms with van der Waals surface area (Å²) in [5, 5.41) is 14.3. The monoisotopic (exact) mass is 530 g/mol. The third-order valence-electron chi connectivity index (χ3n) is 13.2. The lowest BCUT2D eigenvalue weighted by Gasteiger charge is -2.63. The Hall–Kier alpha value is -1.94. The first-order valence-corrected chi connectivity index (χ1v) is 15.7. The minimum Gasteiger partial charge on any atom is -0.393 e. The fourth-order valence-electron chi connectivity index (χ4n) is 11.1. The minimum atomic E-state index is -0.281. The summed E-state index contributed by atoms with van der Waals surface area (Å²) < 4.78 is 0. The number of nitrogens with one attached hydrogen (secondary N) is 1. The normalized spacial score (nSPS) is 42.6. The Labute approximate surface area is 236 Å². The van der Waals surface area contributed by atoms with Gasteiger partial charge in [-0.1, -0.05) is 51.0 Å². The highest BCUT2D eigenvalue weighted by Crippen LogP contribution is 2.71. The van der Waals surface area contributed by atoms with Crippen LogP contribution in [-0.2, 0) is 11.3 Å². The number of amides is 1. The van der Waals surface area contributed by atoms with E-state index in [4.69, 9.17) is 0 Å². The highest BCUT2D eigenvalue weighted by Gasteiger charge is 2.65. The van der Waals surface area contributed by atoms with Crippen LogP contribution in [0.3, 0.4) is 0 Å².